The first-order valence-electron chi connectivity index (χ1n) is 4.56. The average molecular weight is 227 g/mol. The second kappa shape index (κ2) is 6.36. The van der Waals surface area contributed by atoms with Crippen LogP contribution in [-0.2, 0) is 9.53 Å². The van der Waals surface area contributed by atoms with Gasteiger partial charge in [-0.2, -0.15) is 0 Å². The molecule has 1 aromatic rings. The molecule has 0 saturated heterocycles. The average Bonchev–Trinajstić information content (AvgIpc) is 2.27. The summed E-state index contributed by atoms with van der Waals surface area (Å²) in [6, 6.07) is 1.11. The van der Waals surface area contributed by atoms with Gasteiger partial charge in [-0.05, 0) is 13.0 Å². The van der Waals surface area contributed by atoms with Gasteiger partial charge in [0.25, 0.3) is 0 Å². The van der Waals surface area contributed by atoms with Gasteiger partial charge < -0.3 is 10.5 Å². The van der Waals surface area contributed by atoms with Crippen LogP contribution in [0.3, 0.4) is 0 Å². The van der Waals surface area contributed by atoms with Gasteiger partial charge >= 0.3 is 5.97 Å². The van der Waals surface area contributed by atoms with E-state index in [4.69, 9.17) is 10.5 Å². The predicted octanol–water partition coefficient (Wildman–Crippen LogP) is 0.459. The van der Waals surface area contributed by atoms with Gasteiger partial charge in [0.05, 0.1) is 6.61 Å². The Labute approximate surface area is 92.4 Å². The molecule has 0 aliphatic rings. The highest BCUT2D eigenvalue weighted by Gasteiger charge is 2.14. The fraction of sp³-hybridized carbons (Fsp3) is 0.444. The number of nitrogens with two attached hydrogens (primary N) is 1. The van der Waals surface area contributed by atoms with Crippen molar-refractivity contribution < 1.29 is 9.53 Å². The summed E-state index contributed by atoms with van der Waals surface area (Å²) >= 11 is 1.33. The van der Waals surface area contributed by atoms with E-state index in [1.165, 1.54) is 11.8 Å². The summed E-state index contributed by atoms with van der Waals surface area (Å²) in [6.07, 6.45) is 3.29. The minimum Gasteiger partial charge on any atom is -0.465 e. The molecule has 0 aromatic carbocycles. The lowest BCUT2D eigenvalue weighted by Gasteiger charge is -2.08. The van der Waals surface area contributed by atoms with Gasteiger partial charge in [0, 0.05) is 18.1 Å². The van der Waals surface area contributed by atoms with Gasteiger partial charge in [-0.3, -0.25) is 4.79 Å². The van der Waals surface area contributed by atoms with Crippen LogP contribution in [0.4, 0.5) is 0 Å². The Hall–Kier alpha value is -1.14. The molecule has 1 aromatic heterocycles. The highest BCUT2D eigenvalue weighted by molar-refractivity contribution is 7.99. The number of hydrogen-bond acceptors (Lipinski definition) is 6. The van der Waals surface area contributed by atoms with E-state index < -0.39 is 6.04 Å². The number of aromatic nitrogens is 2. The largest absolute Gasteiger partial charge is 0.465 e. The molecule has 0 bridgehead atoms. The highest BCUT2D eigenvalue weighted by Crippen LogP contribution is 2.11. The Balaban J connectivity index is 2.34. The molecule has 1 rings (SSSR count). The summed E-state index contributed by atoms with van der Waals surface area (Å²) in [7, 11) is 0. The molecule has 0 radical (unpaired) electrons. The van der Waals surface area contributed by atoms with Crippen molar-refractivity contribution in [3.05, 3.63) is 18.5 Å². The van der Waals surface area contributed by atoms with Crippen molar-refractivity contribution in [3.63, 3.8) is 0 Å². The molecular weight excluding hydrogens is 214 g/mol. The van der Waals surface area contributed by atoms with Gasteiger partial charge in [0.1, 0.15) is 6.04 Å². The standard InChI is InChI=1S/C9H13N3O2S/c1-2-14-8(13)7(10)6-15-9-11-4-3-5-12-9/h3-5,7H,2,6,10H2,1H3. The maximum atomic E-state index is 11.2. The minimum absolute atomic E-state index is 0.346. The number of nitrogens with zero attached hydrogens (tertiary/aromatic N) is 2. The van der Waals surface area contributed by atoms with Crippen molar-refractivity contribution in [2.45, 2.75) is 18.1 Å². The first kappa shape index (κ1) is 11.9. The highest BCUT2D eigenvalue weighted by atomic mass is 32.2. The quantitative estimate of drug-likeness (QED) is 0.447. The van der Waals surface area contributed by atoms with Gasteiger partial charge in [0.15, 0.2) is 5.16 Å². The number of esters is 1. The fourth-order valence-electron chi connectivity index (χ4n) is 0.842. The van der Waals surface area contributed by atoms with Crippen LogP contribution in [0, 0.1) is 0 Å². The molecule has 0 saturated carbocycles. The van der Waals surface area contributed by atoms with E-state index >= 15 is 0 Å². The van der Waals surface area contributed by atoms with Gasteiger partial charge in [-0.25, -0.2) is 9.97 Å². The van der Waals surface area contributed by atoms with E-state index in [0.29, 0.717) is 17.5 Å². The number of ether oxygens (including phenoxy) is 1. The number of carbonyl (C=O) groups is 1. The summed E-state index contributed by atoms with van der Waals surface area (Å²) in [5, 5.41) is 0.609. The Kier molecular flexibility index (Phi) is 5.06. The summed E-state index contributed by atoms with van der Waals surface area (Å²) in [4.78, 5) is 19.2. The third-order valence-corrected chi connectivity index (χ3v) is 2.52. The van der Waals surface area contributed by atoms with Crippen LogP contribution in [0.5, 0.6) is 0 Å². The van der Waals surface area contributed by atoms with Crippen LogP contribution in [-0.4, -0.2) is 34.3 Å². The maximum Gasteiger partial charge on any atom is 0.323 e. The van der Waals surface area contributed by atoms with Crippen LogP contribution in [0.1, 0.15) is 6.92 Å². The normalized spacial score (nSPS) is 12.1. The minimum atomic E-state index is -0.626. The molecule has 0 spiro atoms. The van der Waals surface area contributed by atoms with Crippen molar-refractivity contribution in [2.75, 3.05) is 12.4 Å². The smallest absolute Gasteiger partial charge is 0.323 e. The van der Waals surface area contributed by atoms with Gasteiger partial charge in [0.2, 0.25) is 0 Å². The first-order chi connectivity index (χ1) is 7.24. The first-order valence-corrected chi connectivity index (χ1v) is 5.54. The molecule has 5 nitrogen and oxygen atoms in total. The molecule has 0 fully saturated rings. The summed E-state index contributed by atoms with van der Waals surface area (Å²) in [5.41, 5.74) is 5.60. The Morgan fingerprint density at radius 1 is 1.60 bits per heavy atom. The van der Waals surface area contributed by atoms with E-state index in [1.807, 2.05) is 0 Å². The molecule has 1 unspecified atom stereocenters. The van der Waals surface area contributed by atoms with E-state index in [1.54, 1.807) is 25.4 Å². The molecule has 1 heterocycles. The lowest BCUT2D eigenvalue weighted by atomic mass is 10.4. The molecular formula is C9H13N3O2S. The van der Waals surface area contributed by atoms with Crippen LogP contribution < -0.4 is 5.73 Å². The molecule has 82 valence electrons. The Morgan fingerprint density at radius 2 is 2.27 bits per heavy atom. The van der Waals surface area contributed by atoms with Crippen molar-refractivity contribution in [1.29, 1.82) is 0 Å². The van der Waals surface area contributed by atoms with E-state index in [0.717, 1.165) is 0 Å². The van der Waals surface area contributed by atoms with E-state index in [9.17, 15) is 4.79 Å². The molecule has 0 aliphatic carbocycles. The van der Waals surface area contributed by atoms with Crippen molar-refractivity contribution >= 4 is 17.7 Å². The Bertz CT molecular complexity index is 307. The van der Waals surface area contributed by atoms with E-state index in [2.05, 4.69) is 9.97 Å². The molecule has 1 atom stereocenters. The van der Waals surface area contributed by atoms with Crippen molar-refractivity contribution in [3.8, 4) is 0 Å². The lowest BCUT2D eigenvalue weighted by molar-refractivity contribution is -0.144. The summed E-state index contributed by atoms with van der Waals surface area (Å²) in [5.74, 6) is 0.0315. The van der Waals surface area contributed by atoms with Crippen LogP contribution in [0.25, 0.3) is 0 Å². The third-order valence-electron chi connectivity index (χ3n) is 1.52. The molecule has 6 heteroatoms. The number of thioether (sulfide) groups is 1. The molecule has 2 N–H and O–H groups in total. The fourth-order valence-corrected chi connectivity index (χ4v) is 1.58. The number of hydrogen-bond donors (Lipinski definition) is 1. The van der Waals surface area contributed by atoms with Gasteiger partial charge in [-0.15, -0.1) is 0 Å². The zero-order chi connectivity index (χ0) is 11.1. The second-order valence-electron chi connectivity index (χ2n) is 2.70. The van der Waals surface area contributed by atoms with Gasteiger partial charge in [-0.1, -0.05) is 11.8 Å². The Morgan fingerprint density at radius 3 is 2.87 bits per heavy atom. The maximum absolute atomic E-state index is 11.2. The van der Waals surface area contributed by atoms with Crippen molar-refractivity contribution in [1.82, 2.24) is 9.97 Å². The topological polar surface area (TPSA) is 78.1 Å². The third kappa shape index (κ3) is 4.26. The van der Waals surface area contributed by atoms with Crippen LogP contribution in [0.2, 0.25) is 0 Å². The zero-order valence-corrected chi connectivity index (χ0v) is 9.24. The SMILES string of the molecule is CCOC(=O)C(N)CSc1ncccn1. The predicted molar refractivity (Wildman–Crippen MR) is 57.4 cm³/mol. The van der Waals surface area contributed by atoms with E-state index in [-0.39, 0.29) is 5.97 Å². The number of carbonyl (C=O) groups excluding carboxylic acids is 1. The number of rotatable bonds is 5. The zero-order valence-electron chi connectivity index (χ0n) is 8.42. The lowest BCUT2D eigenvalue weighted by Crippen LogP contribution is -2.34. The molecule has 0 aliphatic heterocycles. The monoisotopic (exact) mass is 227 g/mol. The van der Waals surface area contributed by atoms with Crippen LogP contribution >= 0.6 is 11.8 Å². The summed E-state index contributed by atoms with van der Waals surface area (Å²) in [6.45, 7) is 2.09. The van der Waals surface area contributed by atoms with Crippen molar-refractivity contribution in [2.24, 2.45) is 5.73 Å². The molecule has 0 amide bonds. The van der Waals surface area contributed by atoms with Crippen LogP contribution in [0.15, 0.2) is 23.6 Å². The molecule has 15 heavy (non-hydrogen) atoms. The summed E-state index contributed by atoms with van der Waals surface area (Å²) < 4.78 is 4.77. The second-order valence-corrected chi connectivity index (χ2v) is 3.69.